The number of imidazole rings is 1. The summed E-state index contributed by atoms with van der Waals surface area (Å²) < 4.78 is 35.0. The molecule has 12 heteroatoms. The van der Waals surface area contributed by atoms with Crippen LogP contribution in [-0.4, -0.2) is 101 Å². The van der Waals surface area contributed by atoms with Gasteiger partial charge in [0.05, 0.1) is 24.2 Å². The van der Waals surface area contributed by atoms with Gasteiger partial charge in [0.2, 0.25) is 11.9 Å². The van der Waals surface area contributed by atoms with Crippen LogP contribution in [0.3, 0.4) is 0 Å². The summed E-state index contributed by atoms with van der Waals surface area (Å²) in [4.78, 5) is 32.6. The number of anilines is 2. The number of likely N-dealkylation sites (tertiary alicyclic amines) is 1. The van der Waals surface area contributed by atoms with E-state index in [9.17, 15) is 13.6 Å². The number of carbonyl (C=O) groups excluding carboxylic acids is 1. The molecule has 0 unspecified atom stereocenters. The Bertz CT molecular complexity index is 1260. The molecule has 0 aliphatic carbocycles. The van der Waals surface area contributed by atoms with Gasteiger partial charge in [-0.15, -0.1) is 0 Å². The van der Waals surface area contributed by atoms with Gasteiger partial charge in [-0.3, -0.25) is 9.36 Å². The SMILES string of the molecule is C[C@H](Nc1nc(N2CCOCC2)cc(-n2c(C(F)F)nc3ccccc32)n1)C(=O)N1CC[C@@H](N(C)C)C1. The van der Waals surface area contributed by atoms with Gasteiger partial charge in [-0.25, -0.2) is 13.8 Å². The van der Waals surface area contributed by atoms with Gasteiger partial charge in [0.25, 0.3) is 6.43 Å². The third-order valence-corrected chi connectivity index (χ3v) is 6.97. The number of ether oxygens (including phenoxy) is 1. The normalized spacial score (nSPS) is 19.3. The number of alkyl halides is 2. The number of hydrogen-bond acceptors (Lipinski definition) is 8. The molecular formula is C25H32F2N8O2. The van der Waals surface area contributed by atoms with E-state index in [1.54, 1.807) is 37.3 Å². The van der Waals surface area contributed by atoms with Gasteiger partial charge in [-0.2, -0.15) is 9.97 Å². The molecule has 1 N–H and O–H groups in total. The van der Waals surface area contributed by atoms with Crippen LogP contribution in [0.25, 0.3) is 16.9 Å². The molecule has 2 atom stereocenters. The highest BCUT2D eigenvalue weighted by Gasteiger charge is 2.31. The lowest BCUT2D eigenvalue weighted by molar-refractivity contribution is -0.130. The van der Waals surface area contributed by atoms with Gasteiger partial charge in [0.1, 0.15) is 17.7 Å². The number of nitrogens with one attached hydrogen (secondary N) is 1. The van der Waals surface area contributed by atoms with E-state index in [1.807, 2.05) is 23.9 Å². The Morgan fingerprint density at radius 1 is 1.11 bits per heavy atom. The van der Waals surface area contributed by atoms with Crippen LogP contribution in [0.15, 0.2) is 30.3 Å². The molecule has 4 heterocycles. The van der Waals surface area contributed by atoms with Crippen molar-refractivity contribution >= 4 is 28.7 Å². The van der Waals surface area contributed by atoms with Crippen LogP contribution in [-0.2, 0) is 9.53 Å². The molecule has 5 rings (SSSR count). The van der Waals surface area contributed by atoms with Crippen LogP contribution in [0.2, 0.25) is 0 Å². The Morgan fingerprint density at radius 3 is 2.54 bits per heavy atom. The fourth-order valence-electron chi connectivity index (χ4n) is 4.88. The molecule has 3 aromatic rings. The second kappa shape index (κ2) is 10.5. The summed E-state index contributed by atoms with van der Waals surface area (Å²) in [6, 6.07) is 8.38. The highest BCUT2D eigenvalue weighted by Crippen LogP contribution is 2.29. The number of benzene rings is 1. The molecule has 0 bridgehead atoms. The van der Waals surface area contributed by atoms with Gasteiger partial charge in [0, 0.05) is 38.3 Å². The maximum Gasteiger partial charge on any atom is 0.296 e. The molecular weight excluding hydrogens is 482 g/mol. The number of rotatable bonds is 7. The fraction of sp³-hybridized carbons (Fsp3) is 0.520. The standard InChI is InChI=1S/C25H32F2N8O2/c1-16(24(36)34-9-8-17(15-34)32(2)3)28-25-30-20(33-10-12-37-13-11-33)14-21(31-25)35-19-7-5-4-6-18(19)29-23(35)22(26)27/h4-7,14,16-17,22H,8-13,15H2,1-3H3,(H,28,30,31)/t16-,17+/m0/s1. The van der Waals surface area contributed by atoms with E-state index in [-0.39, 0.29) is 17.7 Å². The molecule has 2 aliphatic heterocycles. The number of fused-ring (bicyclic) bond motifs is 1. The molecule has 10 nitrogen and oxygen atoms in total. The Kier molecular flexibility index (Phi) is 7.20. The zero-order valence-corrected chi connectivity index (χ0v) is 21.3. The van der Waals surface area contributed by atoms with E-state index in [0.29, 0.717) is 62.3 Å². The molecule has 1 aromatic carbocycles. The number of halogens is 2. The lowest BCUT2D eigenvalue weighted by Gasteiger charge is -2.29. The second-order valence-electron chi connectivity index (χ2n) is 9.66. The largest absolute Gasteiger partial charge is 0.378 e. The molecule has 1 amide bonds. The van der Waals surface area contributed by atoms with Crippen LogP contribution in [0.4, 0.5) is 20.5 Å². The molecule has 198 valence electrons. The van der Waals surface area contributed by atoms with Crippen molar-refractivity contribution in [2.24, 2.45) is 0 Å². The van der Waals surface area contributed by atoms with Gasteiger partial charge >= 0.3 is 0 Å². The molecule has 0 spiro atoms. The van der Waals surface area contributed by atoms with Crippen molar-refractivity contribution in [2.45, 2.75) is 31.9 Å². The van der Waals surface area contributed by atoms with Crippen molar-refractivity contribution in [3.63, 3.8) is 0 Å². The summed E-state index contributed by atoms with van der Waals surface area (Å²) in [5, 5.41) is 3.14. The van der Waals surface area contributed by atoms with Crippen LogP contribution < -0.4 is 10.2 Å². The molecule has 0 saturated carbocycles. The minimum absolute atomic E-state index is 0.0485. The van der Waals surface area contributed by atoms with Gasteiger partial charge < -0.3 is 24.8 Å². The van der Waals surface area contributed by atoms with E-state index in [4.69, 9.17) is 4.74 Å². The summed E-state index contributed by atoms with van der Waals surface area (Å²) in [5.74, 6) is 0.585. The first-order valence-corrected chi connectivity index (χ1v) is 12.5. The van der Waals surface area contributed by atoms with E-state index in [2.05, 4.69) is 25.2 Å². The maximum atomic E-state index is 14.1. The van der Waals surface area contributed by atoms with Crippen molar-refractivity contribution in [3.05, 3.63) is 36.2 Å². The van der Waals surface area contributed by atoms with Crippen molar-refractivity contribution in [1.82, 2.24) is 29.3 Å². The van der Waals surface area contributed by atoms with E-state index in [0.717, 1.165) is 6.42 Å². The second-order valence-corrected chi connectivity index (χ2v) is 9.66. The first-order valence-electron chi connectivity index (χ1n) is 12.5. The molecule has 0 radical (unpaired) electrons. The number of carbonyl (C=O) groups is 1. The number of nitrogens with zero attached hydrogens (tertiary/aromatic N) is 7. The first-order chi connectivity index (χ1) is 17.8. The van der Waals surface area contributed by atoms with Crippen molar-refractivity contribution in [3.8, 4) is 5.82 Å². The first kappa shape index (κ1) is 25.3. The summed E-state index contributed by atoms with van der Waals surface area (Å²) in [7, 11) is 4.03. The number of morpholine rings is 1. The molecule has 2 aliphatic rings. The molecule has 2 fully saturated rings. The smallest absolute Gasteiger partial charge is 0.296 e. The van der Waals surface area contributed by atoms with Crippen LogP contribution in [0.5, 0.6) is 0 Å². The highest BCUT2D eigenvalue weighted by atomic mass is 19.3. The number of para-hydroxylation sites is 2. The quantitative estimate of drug-likeness (QED) is 0.515. The Morgan fingerprint density at radius 2 is 1.84 bits per heavy atom. The van der Waals surface area contributed by atoms with Crippen molar-refractivity contribution in [2.75, 3.05) is 63.7 Å². The van der Waals surface area contributed by atoms with Crippen LogP contribution in [0.1, 0.15) is 25.6 Å². The Hall–Kier alpha value is -3.38. The maximum absolute atomic E-state index is 14.1. The third-order valence-electron chi connectivity index (χ3n) is 6.97. The van der Waals surface area contributed by atoms with E-state index >= 15 is 0 Å². The molecule has 2 aromatic heterocycles. The summed E-state index contributed by atoms with van der Waals surface area (Å²) in [6.45, 7) is 5.41. The summed E-state index contributed by atoms with van der Waals surface area (Å²) in [5.41, 5.74) is 0.971. The Balaban J connectivity index is 1.50. The minimum Gasteiger partial charge on any atom is -0.378 e. The Labute approximate surface area is 214 Å². The van der Waals surface area contributed by atoms with Crippen molar-refractivity contribution in [1.29, 1.82) is 0 Å². The lowest BCUT2D eigenvalue weighted by Crippen LogP contribution is -2.42. The highest BCUT2D eigenvalue weighted by molar-refractivity contribution is 5.84. The monoisotopic (exact) mass is 514 g/mol. The van der Waals surface area contributed by atoms with E-state index < -0.39 is 18.3 Å². The fourth-order valence-corrected chi connectivity index (χ4v) is 4.88. The number of likely N-dealkylation sites (N-methyl/N-ethyl adjacent to an activating group) is 1. The average Bonchev–Trinajstić information content (AvgIpc) is 3.54. The van der Waals surface area contributed by atoms with Gasteiger partial charge in [0.15, 0.2) is 5.82 Å². The topological polar surface area (TPSA) is 91.6 Å². The predicted molar refractivity (Wildman–Crippen MR) is 136 cm³/mol. The number of amides is 1. The summed E-state index contributed by atoms with van der Waals surface area (Å²) in [6.07, 6.45) is -1.88. The van der Waals surface area contributed by atoms with Crippen molar-refractivity contribution < 1.29 is 18.3 Å². The van der Waals surface area contributed by atoms with Gasteiger partial charge in [-0.05, 0) is 39.6 Å². The third kappa shape index (κ3) is 5.21. The average molecular weight is 515 g/mol. The number of hydrogen-bond donors (Lipinski definition) is 1. The summed E-state index contributed by atoms with van der Waals surface area (Å²) >= 11 is 0. The molecule has 37 heavy (non-hydrogen) atoms. The zero-order chi connectivity index (χ0) is 26.1. The zero-order valence-electron chi connectivity index (χ0n) is 21.3. The van der Waals surface area contributed by atoms with Crippen LogP contribution in [0, 0.1) is 0 Å². The van der Waals surface area contributed by atoms with E-state index in [1.165, 1.54) is 4.57 Å². The van der Waals surface area contributed by atoms with Gasteiger partial charge in [-0.1, -0.05) is 12.1 Å². The number of aromatic nitrogens is 4. The minimum atomic E-state index is -2.80. The lowest BCUT2D eigenvalue weighted by atomic mass is 10.2. The predicted octanol–water partition coefficient (Wildman–Crippen LogP) is 2.55. The molecule has 2 saturated heterocycles. The van der Waals surface area contributed by atoms with Crippen LogP contribution >= 0.6 is 0 Å².